The Morgan fingerprint density at radius 1 is 1.09 bits per heavy atom. The van der Waals surface area contributed by atoms with E-state index in [0.717, 1.165) is 47.6 Å². The summed E-state index contributed by atoms with van der Waals surface area (Å²) in [6, 6.07) is 13.7. The molecule has 0 bridgehead atoms. The van der Waals surface area contributed by atoms with Crippen molar-refractivity contribution in [1.29, 1.82) is 0 Å². The minimum Gasteiger partial charge on any atom is -0.493 e. The van der Waals surface area contributed by atoms with Gasteiger partial charge in [-0.05, 0) is 54.7 Å². The monoisotopic (exact) mass is 440 g/mol. The van der Waals surface area contributed by atoms with E-state index in [1.807, 2.05) is 42.5 Å². The first-order chi connectivity index (χ1) is 15.6. The van der Waals surface area contributed by atoms with Crippen molar-refractivity contribution in [2.75, 3.05) is 39.7 Å². The lowest BCUT2D eigenvalue weighted by molar-refractivity contribution is -0.124. The second kappa shape index (κ2) is 12.0. The van der Waals surface area contributed by atoms with Crippen LogP contribution in [-0.2, 0) is 22.5 Å². The summed E-state index contributed by atoms with van der Waals surface area (Å²) >= 11 is 0. The van der Waals surface area contributed by atoms with E-state index in [4.69, 9.17) is 14.2 Å². The Morgan fingerprint density at radius 3 is 2.66 bits per heavy atom. The molecule has 1 saturated heterocycles. The quantitative estimate of drug-likeness (QED) is 0.410. The Labute approximate surface area is 189 Å². The van der Waals surface area contributed by atoms with Crippen molar-refractivity contribution in [2.24, 2.45) is 4.99 Å². The Bertz CT molecular complexity index is 926. The van der Waals surface area contributed by atoms with Gasteiger partial charge in [-0.1, -0.05) is 18.2 Å². The zero-order valence-corrected chi connectivity index (χ0v) is 18.9. The van der Waals surface area contributed by atoms with Gasteiger partial charge in [0.25, 0.3) is 5.91 Å². The summed E-state index contributed by atoms with van der Waals surface area (Å²) in [5, 5.41) is 9.56. The maximum absolute atomic E-state index is 12.3. The highest BCUT2D eigenvalue weighted by atomic mass is 16.5. The molecule has 0 spiro atoms. The number of carbonyl (C=O) groups is 1. The van der Waals surface area contributed by atoms with Crippen molar-refractivity contribution in [1.82, 2.24) is 10.6 Å². The van der Waals surface area contributed by atoms with Gasteiger partial charge in [0.05, 0.1) is 14.2 Å². The Morgan fingerprint density at radius 2 is 1.94 bits per heavy atom. The molecule has 8 heteroatoms. The van der Waals surface area contributed by atoms with E-state index in [1.54, 1.807) is 21.3 Å². The third-order valence-corrected chi connectivity index (χ3v) is 5.25. The number of rotatable bonds is 9. The summed E-state index contributed by atoms with van der Waals surface area (Å²) in [5.41, 5.74) is 2.94. The van der Waals surface area contributed by atoms with E-state index in [0.29, 0.717) is 25.7 Å². The van der Waals surface area contributed by atoms with Crippen molar-refractivity contribution >= 4 is 17.6 Å². The van der Waals surface area contributed by atoms with Gasteiger partial charge in [-0.25, -0.2) is 0 Å². The highest BCUT2D eigenvalue weighted by Crippen LogP contribution is 2.27. The van der Waals surface area contributed by atoms with Crippen molar-refractivity contribution in [2.45, 2.75) is 31.9 Å². The smallest absolute Gasteiger partial charge is 0.253 e. The number of aliphatic imine (C=N–C) groups is 1. The van der Waals surface area contributed by atoms with Crippen LogP contribution in [0.3, 0.4) is 0 Å². The summed E-state index contributed by atoms with van der Waals surface area (Å²) < 4.78 is 16.1. The molecule has 1 amide bonds. The number of nitrogens with zero attached hydrogens (tertiary/aromatic N) is 1. The first-order valence-electron chi connectivity index (χ1n) is 10.8. The van der Waals surface area contributed by atoms with Gasteiger partial charge < -0.3 is 30.2 Å². The fourth-order valence-corrected chi connectivity index (χ4v) is 3.53. The lowest BCUT2D eigenvalue weighted by Gasteiger charge is -2.14. The van der Waals surface area contributed by atoms with Crippen LogP contribution in [0.5, 0.6) is 11.5 Å². The zero-order chi connectivity index (χ0) is 22.8. The number of hydrogen-bond donors (Lipinski definition) is 3. The van der Waals surface area contributed by atoms with Gasteiger partial charge in [-0.3, -0.25) is 9.79 Å². The molecule has 0 aliphatic carbocycles. The molecule has 0 aromatic heterocycles. The predicted molar refractivity (Wildman–Crippen MR) is 125 cm³/mol. The number of methoxy groups -OCH3 is 2. The van der Waals surface area contributed by atoms with Gasteiger partial charge in [0.1, 0.15) is 6.10 Å². The van der Waals surface area contributed by atoms with Crippen molar-refractivity contribution in [3.63, 3.8) is 0 Å². The first-order valence-corrected chi connectivity index (χ1v) is 10.8. The lowest BCUT2D eigenvalue weighted by atomic mass is 10.1. The molecule has 8 nitrogen and oxygen atoms in total. The number of anilines is 1. The molecular weight excluding hydrogens is 408 g/mol. The minimum atomic E-state index is -0.342. The van der Waals surface area contributed by atoms with E-state index < -0.39 is 0 Å². The van der Waals surface area contributed by atoms with Crippen LogP contribution in [-0.4, -0.2) is 52.4 Å². The SMILES string of the molecule is CN=C(NCCc1ccc(OC)c(OC)c1)NCc1cccc(NC(=O)C2CCCO2)c1. The van der Waals surface area contributed by atoms with Gasteiger partial charge in [0, 0.05) is 32.4 Å². The second-order valence-electron chi connectivity index (χ2n) is 7.48. The maximum atomic E-state index is 12.3. The molecule has 0 saturated carbocycles. The Hall–Kier alpha value is -3.26. The molecule has 3 rings (SSSR count). The van der Waals surface area contributed by atoms with E-state index in [2.05, 4.69) is 20.9 Å². The molecule has 1 aliphatic rings. The lowest BCUT2D eigenvalue weighted by Crippen LogP contribution is -2.37. The van der Waals surface area contributed by atoms with Crippen LogP contribution in [0.25, 0.3) is 0 Å². The Kier molecular flexibility index (Phi) is 8.74. The largest absolute Gasteiger partial charge is 0.493 e. The van der Waals surface area contributed by atoms with E-state index in [9.17, 15) is 4.79 Å². The van der Waals surface area contributed by atoms with Crippen molar-refractivity contribution in [3.8, 4) is 11.5 Å². The molecular formula is C24H32N4O4. The summed E-state index contributed by atoms with van der Waals surface area (Å²) in [6.45, 7) is 1.95. The van der Waals surface area contributed by atoms with Crippen LogP contribution in [0, 0.1) is 0 Å². The molecule has 32 heavy (non-hydrogen) atoms. The number of carbonyl (C=O) groups excluding carboxylic acids is 1. The standard InChI is InChI=1S/C24H32N4O4/c1-25-24(26-12-11-17-9-10-20(30-2)22(15-17)31-3)27-16-18-6-4-7-19(14-18)28-23(29)21-8-5-13-32-21/h4,6-7,9-10,14-15,21H,5,8,11-13,16H2,1-3H3,(H,28,29)(H2,25,26,27). The molecule has 3 N–H and O–H groups in total. The van der Waals surface area contributed by atoms with Crippen LogP contribution < -0.4 is 25.4 Å². The molecule has 1 atom stereocenters. The Balaban J connectivity index is 1.46. The summed E-state index contributed by atoms with van der Waals surface area (Å²) in [4.78, 5) is 16.5. The normalized spacial score (nSPS) is 15.8. The summed E-state index contributed by atoms with van der Waals surface area (Å²) in [5.74, 6) is 2.06. The fourth-order valence-electron chi connectivity index (χ4n) is 3.53. The number of amides is 1. The molecule has 1 unspecified atom stereocenters. The molecule has 1 aliphatic heterocycles. The predicted octanol–water partition coefficient (Wildman–Crippen LogP) is 2.73. The highest BCUT2D eigenvalue weighted by Gasteiger charge is 2.23. The molecule has 1 fully saturated rings. The molecule has 1 heterocycles. The molecule has 0 radical (unpaired) electrons. The van der Waals surface area contributed by atoms with Gasteiger partial charge in [-0.15, -0.1) is 0 Å². The molecule has 172 valence electrons. The van der Waals surface area contributed by atoms with Crippen molar-refractivity contribution in [3.05, 3.63) is 53.6 Å². The van der Waals surface area contributed by atoms with Crippen LogP contribution in [0.4, 0.5) is 5.69 Å². The van der Waals surface area contributed by atoms with Gasteiger partial charge in [-0.2, -0.15) is 0 Å². The van der Waals surface area contributed by atoms with Crippen LogP contribution in [0.2, 0.25) is 0 Å². The number of hydrogen-bond acceptors (Lipinski definition) is 5. The molecule has 2 aromatic rings. The molecule has 2 aromatic carbocycles. The zero-order valence-electron chi connectivity index (χ0n) is 18.9. The maximum Gasteiger partial charge on any atom is 0.253 e. The third kappa shape index (κ3) is 6.62. The first kappa shape index (κ1) is 23.4. The number of guanidine groups is 1. The van der Waals surface area contributed by atoms with Gasteiger partial charge >= 0.3 is 0 Å². The van der Waals surface area contributed by atoms with Crippen LogP contribution in [0.1, 0.15) is 24.0 Å². The van der Waals surface area contributed by atoms with Gasteiger partial charge in [0.15, 0.2) is 17.5 Å². The third-order valence-electron chi connectivity index (χ3n) is 5.25. The number of benzene rings is 2. The van der Waals surface area contributed by atoms with Crippen LogP contribution in [0.15, 0.2) is 47.5 Å². The van der Waals surface area contributed by atoms with Crippen molar-refractivity contribution < 1.29 is 19.0 Å². The van der Waals surface area contributed by atoms with E-state index in [1.165, 1.54) is 0 Å². The minimum absolute atomic E-state index is 0.0831. The fraction of sp³-hybridized carbons (Fsp3) is 0.417. The second-order valence-corrected chi connectivity index (χ2v) is 7.48. The topological polar surface area (TPSA) is 93.2 Å². The average Bonchev–Trinajstić information content (AvgIpc) is 3.36. The van der Waals surface area contributed by atoms with Crippen LogP contribution >= 0.6 is 0 Å². The van der Waals surface area contributed by atoms with Gasteiger partial charge in [0.2, 0.25) is 0 Å². The number of nitrogens with one attached hydrogen (secondary N) is 3. The average molecular weight is 441 g/mol. The van der Waals surface area contributed by atoms with E-state index >= 15 is 0 Å². The highest BCUT2D eigenvalue weighted by molar-refractivity contribution is 5.94. The van der Waals surface area contributed by atoms with E-state index in [-0.39, 0.29) is 12.0 Å². The summed E-state index contributed by atoms with van der Waals surface area (Å²) in [7, 11) is 5.00. The summed E-state index contributed by atoms with van der Waals surface area (Å²) in [6.07, 6.45) is 2.18. The number of ether oxygens (including phenoxy) is 3.